The van der Waals surface area contributed by atoms with Crippen molar-refractivity contribution in [3.8, 4) is 11.1 Å². The van der Waals surface area contributed by atoms with Gasteiger partial charge in [0.2, 0.25) is 0 Å². The highest BCUT2D eigenvalue weighted by Crippen LogP contribution is 2.26. The van der Waals surface area contributed by atoms with Crippen molar-refractivity contribution < 1.29 is 9.90 Å². The van der Waals surface area contributed by atoms with Crippen molar-refractivity contribution in [2.24, 2.45) is 0 Å². The van der Waals surface area contributed by atoms with E-state index in [2.05, 4.69) is 35.0 Å². The summed E-state index contributed by atoms with van der Waals surface area (Å²) in [5.41, 5.74) is 3.50. The smallest absolute Gasteiger partial charge is 0.336 e. The van der Waals surface area contributed by atoms with Gasteiger partial charge in [0.1, 0.15) is 0 Å². The highest BCUT2D eigenvalue weighted by atomic mass is 79.9. The van der Waals surface area contributed by atoms with Gasteiger partial charge in [0.15, 0.2) is 0 Å². The maximum absolute atomic E-state index is 11.1. The minimum Gasteiger partial charge on any atom is -0.478 e. The van der Waals surface area contributed by atoms with E-state index >= 15 is 0 Å². The SMILES string of the molecule is CCc1cccc(-c2ccc(Br)c(C(=O)O)c2)c1. The van der Waals surface area contributed by atoms with E-state index < -0.39 is 5.97 Å². The van der Waals surface area contributed by atoms with E-state index in [1.54, 1.807) is 12.1 Å². The minimum atomic E-state index is -0.921. The van der Waals surface area contributed by atoms with Crippen LogP contribution in [0.4, 0.5) is 0 Å². The zero-order valence-corrected chi connectivity index (χ0v) is 11.6. The molecular formula is C15H13BrO2. The number of carbonyl (C=O) groups is 1. The molecule has 92 valence electrons. The molecule has 0 spiro atoms. The van der Waals surface area contributed by atoms with Crippen LogP contribution in [0.25, 0.3) is 11.1 Å². The molecule has 0 aliphatic heterocycles. The first-order chi connectivity index (χ1) is 8.61. The lowest BCUT2D eigenvalue weighted by atomic mass is 10.0. The highest BCUT2D eigenvalue weighted by molar-refractivity contribution is 9.10. The molecule has 2 rings (SSSR count). The van der Waals surface area contributed by atoms with Crippen LogP contribution >= 0.6 is 15.9 Å². The molecule has 0 bridgehead atoms. The van der Waals surface area contributed by atoms with E-state index in [1.807, 2.05) is 18.2 Å². The maximum atomic E-state index is 11.1. The Morgan fingerprint density at radius 1 is 1.17 bits per heavy atom. The van der Waals surface area contributed by atoms with E-state index in [4.69, 9.17) is 5.11 Å². The fourth-order valence-corrected chi connectivity index (χ4v) is 2.26. The normalized spacial score (nSPS) is 10.3. The monoisotopic (exact) mass is 304 g/mol. The topological polar surface area (TPSA) is 37.3 Å². The van der Waals surface area contributed by atoms with Crippen molar-refractivity contribution in [2.75, 3.05) is 0 Å². The zero-order valence-electron chi connectivity index (χ0n) is 9.98. The summed E-state index contributed by atoms with van der Waals surface area (Å²) < 4.78 is 0.602. The van der Waals surface area contributed by atoms with Crippen molar-refractivity contribution in [1.82, 2.24) is 0 Å². The first-order valence-electron chi connectivity index (χ1n) is 5.74. The average Bonchev–Trinajstić information content (AvgIpc) is 2.39. The molecule has 0 amide bonds. The van der Waals surface area contributed by atoms with Gasteiger partial charge < -0.3 is 5.11 Å². The Morgan fingerprint density at radius 2 is 1.89 bits per heavy atom. The largest absolute Gasteiger partial charge is 0.478 e. The third-order valence-electron chi connectivity index (χ3n) is 2.87. The van der Waals surface area contributed by atoms with Crippen molar-refractivity contribution in [3.63, 3.8) is 0 Å². The van der Waals surface area contributed by atoms with Crippen molar-refractivity contribution in [3.05, 3.63) is 58.1 Å². The standard InChI is InChI=1S/C15H13BrO2/c1-2-10-4-3-5-11(8-10)12-6-7-14(16)13(9-12)15(17)18/h3-9H,2H2,1H3,(H,17,18). The van der Waals surface area contributed by atoms with Crippen LogP contribution < -0.4 is 0 Å². The second-order valence-electron chi connectivity index (χ2n) is 4.05. The molecule has 0 aromatic heterocycles. The summed E-state index contributed by atoms with van der Waals surface area (Å²) in [4.78, 5) is 11.1. The fourth-order valence-electron chi connectivity index (χ4n) is 1.84. The summed E-state index contributed by atoms with van der Waals surface area (Å²) in [7, 11) is 0. The molecule has 0 aliphatic rings. The van der Waals surface area contributed by atoms with Crippen LogP contribution in [0.2, 0.25) is 0 Å². The van der Waals surface area contributed by atoms with Crippen LogP contribution in [0.3, 0.4) is 0 Å². The van der Waals surface area contributed by atoms with E-state index in [9.17, 15) is 4.79 Å². The highest BCUT2D eigenvalue weighted by Gasteiger charge is 2.09. The number of rotatable bonds is 3. The van der Waals surface area contributed by atoms with Gasteiger partial charge in [0.05, 0.1) is 5.56 Å². The summed E-state index contributed by atoms with van der Waals surface area (Å²) >= 11 is 3.25. The number of aromatic carboxylic acids is 1. The lowest BCUT2D eigenvalue weighted by Gasteiger charge is -2.06. The van der Waals surface area contributed by atoms with Gasteiger partial charge in [-0.15, -0.1) is 0 Å². The maximum Gasteiger partial charge on any atom is 0.336 e. The molecule has 0 unspecified atom stereocenters. The molecule has 0 radical (unpaired) electrons. The predicted octanol–water partition coefficient (Wildman–Crippen LogP) is 4.38. The van der Waals surface area contributed by atoms with Crippen LogP contribution in [-0.4, -0.2) is 11.1 Å². The molecule has 0 atom stereocenters. The van der Waals surface area contributed by atoms with Crippen LogP contribution in [0, 0.1) is 0 Å². The molecule has 1 N–H and O–H groups in total. The van der Waals surface area contributed by atoms with Crippen LogP contribution in [-0.2, 0) is 6.42 Å². The lowest BCUT2D eigenvalue weighted by molar-refractivity contribution is 0.0696. The average molecular weight is 305 g/mol. The van der Waals surface area contributed by atoms with Crippen LogP contribution in [0.5, 0.6) is 0 Å². The van der Waals surface area contributed by atoms with Gasteiger partial charge in [-0.2, -0.15) is 0 Å². The summed E-state index contributed by atoms with van der Waals surface area (Å²) in [6.45, 7) is 2.10. The molecule has 2 nitrogen and oxygen atoms in total. The quantitative estimate of drug-likeness (QED) is 0.914. The molecule has 2 aromatic rings. The van der Waals surface area contributed by atoms with Crippen LogP contribution in [0.15, 0.2) is 46.9 Å². The molecular weight excluding hydrogens is 292 g/mol. The first-order valence-corrected chi connectivity index (χ1v) is 6.53. The van der Waals surface area contributed by atoms with Gasteiger partial charge in [-0.1, -0.05) is 37.3 Å². The lowest BCUT2D eigenvalue weighted by Crippen LogP contribution is -1.97. The second kappa shape index (κ2) is 5.36. The Morgan fingerprint density at radius 3 is 2.56 bits per heavy atom. The van der Waals surface area contributed by atoms with E-state index in [-0.39, 0.29) is 5.56 Å². The number of hydrogen-bond acceptors (Lipinski definition) is 1. The van der Waals surface area contributed by atoms with Gasteiger partial charge in [0.25, 0.3) is 0 Å². The molecule has 3 heteroatoms. The number of carboxylic acids is 1. The fraction of sp³-hybridized carbons (Fsp3) is 0.133. The number of halogens is 1. The second-order valence-corrected chi connectivity index (χ2v) is 4.91. The number of aryl methyl sites for hydroxylation is 1. The Hall–Kier alpha value is -1.61. The Bertz CT molecular complexity index is 591. The van der Waals surface area contributed by atoms with Gasteiger partial charge in [-0.3, -0.25) is 0 Å². The predicted molar refractivity (Wildman–Crippen MR) is 75.9 cm³/mol. The number of carboxylic acid groups (broad SMARTS) is 1. The molecule has 18 heavy (non-hydrogen) atoms. The number of benzene rings is 2. The Labute approximate surface area is 114 Å². The Kier molecular flexibility index (Phi) is 3.82. The summed E-state index contributed by atoms with van der Waals surface area (Å²) in [5, 5.41) is 9.11. The van der Waals surface area contributed by atoms with Gasteiger partial charge in [-0.25, -0.2) is 4.79 Å². The van der Waals surface area contributed by atoms with Gasteiger partial charge >= 0.3 is 5.97 Å². The summed E-state index contributed by atoms with van der Waals surface area (Å²) in [5.74, 6) is -0.921. The van der Waals surface area contributed by atoms with Gasteiger partial charge in [0, 0.05) is 4.47 Å². The molecule has 0 fully saturated rings. The van der Waals surface area contributed by atoms with E-state index in [0.29, 0.717) is 4.47 Å². The van der Waals surface area contributed by atoms with Crippen LogP contribution in [0.1, 0.15) is 22.8 Å². The third-order valence-corrected chi connectivity index (χ3v) is 3.56. The Balaban J connectivity index is 2.50. The van der Waals surface area contributed by atoms with E-state index in [0.717, 1.165) is 17.5 Å². The summed E-state index contributed by atoms with van der Waals surface area (Å²) in [6, 6.07) is 13.5. The molecule has 2 aromatic carbocycles. The van der Waals surface area contributed by atoms with Crippen molar-refractivity contribution in [2.45, 2.75) is 13.3 Å². The zero-order chi connectivity index (χ0) is 13.1. The molecule has 0 heterocycles. The third kappa shape index (κ3) is 2.62. The minimum absolute atomic E-state index is 0.286. The van der Waals surface area contributed by atoms with Crippen molar-refractivity contribution in [1.29, 1.82) is 0 Å². The van der Waals surface area contributed by atoms with Gasteiger partial charge in [-0.05, 0) is 51.2 Å². The first kappa shape index (κ1) is 12.8. The molecule has 0 aliphatic carbocycles. The molecule has 0 saturated carbocycles. The number of hydrogen-bond donors (Lipinski definition) is 1. The summed E-state index contributed by atoms with van der Waals surface area (Å²) in [6.07, 6.45) is 0.968. The van der Waals surface area contributed by atoms with E-state index in [1.165, 1.54) is 5.56 Å². The molecule has 0 saturated heterocycles. The van der Waals surface area contributed by atoms with Crippen molar-refractivity contribution >= 4 is 21.9 Å².